The number of aliphatic carboxylic acids is 1. The number of carboxylic acids is 1. The Morgan fingerprint density at radius 3 is 2.44 bits per heavy atom. The number of carboxylic acid groups (broad SMARTS) is 1. The van der Waals surface area contributed by atoms with Crippen LogP contribution in [0.4, 0.5) is 5.82 Å². The molecule has 1 aromatic heterocycles. The number of nitrogens with two attached hydrogens (primary N) is 2. The molecule has 0 unspecified atom stereocenters. The van der Waals surface area contributed by atoms with Crippen molar-refractivity contribution >= 4 is 11.8 Å². The number of pyridine rings is 1. The maximum atomic E-state index is 9.93. The zero-order valence-electron chi connectivity index (χ0n) is 9.30. The Kier molecular flexibility index (Phi) is 8.91. The monoisotopic (exact) mass is 225 g/mol. The van der Waals surface area contributed by atoms with Crippen LogP contribution in [0.5, 0.6) is 0 Å². The number of rotatable bonds is 5. The Labute approximate surface area is 95.5 Å². The molecule has 0 saturated heterocycles. The van der Waals surface area contributed by atoms with Crippen molar-refractivity contribution in [3.63, 3.8) is 0 Å². The van der Waals surface area contributed by atoms with Crippen molar-refractivity contribution in [3.8, 4) is 0 Å². The van der Waals surface area contributed by atoms with Gasteiger partial charge in [0.2, 0.25) is 0 Å². The molecule has 1 heterocycles. The Bertz CT molecular complexity index is 278. The lowest BCUT2D eigenvalue weighted by Crippen LogP contribution is -1.99. The second-order valence-corrected chi connectivity index (χ2v) is 3.25. The van der Waals surface area contributed by atoms with Gasteiger partial charge in [-0.2, -0.15) is 0 Å². The number of hydrogen-bond acceptors (Lipinski definition) is 4. The van der Waals surface area contributed by atoms with E-state index in [4.69, 9.17) is 16.6 Å². The van der Waals surface area contributed by atoms with E-state index >= 15 is 0 Å². The summed E-state index contributed by atoms with van der Waals surface area (Å²) < 4.78 is 0. The van der Waals surface area contributed by atoms with Crippen LogP contribution in [0.2, 0.25) is 0 Å². The molecule has 0 aliphatic rings. The summed E-state index contributed by atoms with van der Waals surface area (Å²) in [6.07, 6.45) is 4.57. The number of carbonyl (C=O) groups is 1. The highest BCUT2D eigenvalue weighted by Crippen LogP contribution is 1.97. The van der Waals surface area contributed by atoms with E-state index in [1.807, 2.05) is 12.1 Å². The molecule has 0 aromatic carbocycles. The van der Waals surface area contributed by atoms with Crippen molar-refractivity contribution < 1.29 is 9.90 Å². The molecule has 0 spiro atoms. The van der Waals surface area contributed by atoms with E-state index in [0.717, 1.165) is 19.3 Å². The lowest BCUT2D eigenvalue weighted by molar-refractivity contribution is -0.137. The van der Waals surface area contributed by atoms with Crippen molar-refractivity contribution in [2.24, 2.45) is 5.73 Å². The third-order valence-corrected chi connectivity index (χ3v) is 1.78. The summed E-state index contributed by atoms with van der Waals surface area (Å²) in [6, 6.07) is 5.43. The number of unbranched alkanes of at least 4 members (excludes halogenated alkanes) is 2. The summed E-state index contributed by atoms with van der Waals surface area (Å²) in [5.41, 5.74) is 10.4. The fourth-order valence-corrected chi connectivity index (χ4v) is 0.973. The summed E-state index contributed by atoms with van der Waals surface area (Å²) in [6.45, 7) is 0.666. The van der Waals surface area contributed by atoms with Gasteiger partial charge in [0.25, 0.3) is 0 Å². The Hall–Kier alpha value is -1.62. The van der Waals surface area contributed by atoms with Gasteiger partial charge >= 0.3 is 5.97 Å². The summed E-state index contributed by atoms with van der Waals surface area (Å²) in [5.74, 6) is -0.144. The molecule has 0 atom stereocenters. The lowest BCUT2D eigenvalue weighted by atomic mass is 10.2. The van der Waals surface area contributed by atoms with E-state index in [0.29, 0.717) is 12.4 Å². The molecule has 1 aromatic rings. The van der Waals surface area contributed by atoms with Crippen LogP contribution < -0.4 is 11.5 Å². The molecule has 0 radical (unpaired) electrons. The van der Waals surface area contributed by atoms with Crippen LogP contribution in [-0.2, 0) is 4.79 Å². The zero-order chi connectivity index (χ0) is 12.2. The molecule has 5 heteroatoms. The molecular weight excluding hydrogens is 206 g/mol. The maximum Gasteiger partial charge on any atom is 0.303 e. The van der Waals surface area contributed by atoms with E-state index in [2.05, 4.69) is 4.98 Å². The maximum absolute atomic E-state index is 9.93. The molecule has 5 nitrogen and oxygen atoms in total. The average Bonchev–Trinajstić information content (AvgIpc) is 2.26. The van der Waals surface area contributed by atoms with E-state index in [-0.39, 0.29) is 6.42 Å². The summed E-state index contributed by atoms with van der Waals surface area (Å²) in [7, 11) is 0. The second kappa shape index (κ2) is 9.92. The molecule has 0 saturated carbocycles. The van der Waals surface area contributed by atoms with Gasteiger partial charge < -0.3 is 16.6 Å². The third-order valence-electron chi connectivity index (χ3n) is 1.78. The van der Waals surface area contributed by atoms with Gasteiger partial charge in [-0.05, 0) is 31.5 Å². The van der Waals surface area contributed by atoms with Crippen LogP contribution in [-0.4, -0.2) is 22.6 Å². The summed E-state index contributed by atoms with van der Waals surface area (Å²) >= 11 is 0. The number of aromatic nitrogens is 1. The largest absolute Gasteiger partial charge is 0.481 e. The first-order valence-electron chi connectivity index (χ1n) is 5.25. The molecule has 0 amide bonds. The highest BCUT2D eigenvalue weighted by atomic mass is 16.4. The van der Waals surface area contributed by atoms with Crippen LogP contribution in [0.15, 0.2) is 24.4 Å². The Balaban J connectivity index is 0.000000288. The van der Waals surface area contributed by atoms with Crippen molar-refractivity contribution in [1.29, 1.82) is 0 Å². The predicted octanol–water partition coefficient (Wildman–Crippen LogP) is 1.25. The van der Waals surface area contributed by atoms with E-state index < -0.39 is 5.97 Å². The van der Waals surface area contributed by atoms with Gasteiger partial charge in [0.05, 0.1) is 0 Å². The van der Waals surface area contributed by atoms with Crippen molar-refractivity contribution in [3.05, 3.63) is 24.4 Å². The third kappa shape index (κ3) is 10.5. The predicted molar refractivity (Wildman–Crippen MR) is 63.8 cm³/mol. The first kappa shape index (κ1) is 14.4. The standard InChI is InChI=1S/C6H13NO2.C5H6N2/c7-5-3-1-2-4-6(8)9;6-5-3-1-2-4-7-5/h1-5,7H2,(H,8,9);1-4H,(H2,6,7). The minimum absolute atomic E-state index is 0.278. The van der Waals surface area contributed by atoms with E-state index in [1.165, 1.54) is 0 Å². The first-order valence-corrected chi connectivity index (χ1v) is 5.25. The molecule has 90 valence electrons. The van der Waals surface area contributed by atoms with Crippen molar-refractivity contribution in [2.75, 3.05) is 12.3 Å². The molecule has 0 bridgehead atoms. The van der Waals surface area contributed by atoms with Gasteiger partial charge in [0, 0.05) is 12.6 Å². The first-order chi connectivity index (χ1) is 7.66. The van der Waals surface area contributed by atoms with Crippen molar-refractivity contribution in [2.45, 2.75) is 25.7 Å². The minimum Gasteiger partial charge on any atom is -0.481 e. The van der Waals surface area contributed by atoms with Crippen LogP contribution >= 0.6 is 0 Å². The molecule has 0 aliphatic carbocycles. The van der Waals surface area contributed by atoms with Gasteiger partial charge in [-0.1, -0.05) is 12.5 Å². The fourth-order valence-electron chi connectivity index (χ4n) is 0.973. The molecular formula is C11H19N3O2. The molecule has 5 N–H and O–H groups in total. The van der Waals surface area contributed by atoms with Crippen LogP contribution in [0.3, 0.4) is 0 Å². The molecule has 0 aliphatic heterocycles. The second-order valence-electron chi connectivity index (χ2n) is 3.25. The van der Waals surface area contributed by atoms with Crippen LogP contribution in [0.1, 0.15) is 25.7 Å². The summed E-state index contributed by atoms with van der Waals surface area (Å²) in [4.78, 5) is 13.7. The highest BCUT2D eigenvalue weighted by molar-refractivity contribution is 5.66. The van der Waals surface area contributed by atoms with Gasteiger partial charge in [-0.25, -0.2) is 4.98 Å². The Morgan fingerprint density at radius 1 is 1.31 bits per heavy atom. The molecule has 1 rings (SSSR count). The van der Waals surface area contributed by atoms with Crippen LogP contribution in [0, 0.1) is 0 Å². The number of nitrogens with zero attached hydrogens (tertiary/aromatic N) is 1. The number of nitrogen functional groups attached to an aromatic ring is 1. The normalized spacial score (nSPS) is 9.06. The molecule has 16 heavy (non-hydrogen) atoms. The number of anilines is 1. The number of hydrogen-bond donors (Lipinski definition) is 3. The zero-order valence-corrected chi connectivity index (χ0v) is 9.30. The Morgan fingerprint density at radius 2 is 2.06 bits per heavy atom. The fraction of sp³-hybridized carbons (Fsp3) is 0.455. The van der Waals surface area contributed by atoms with Crippen LogP contribution in [0.25, 0.3) is 0 Å². The lowest BCUT2D eigenvalue weighted by Gasteiger charge is -1.93. The van der Waals surface area contributed by atoms with Gasteiger partial charge in [-0.15, -0.1) is 0 Å². The topological polar surface area (TPSA) is 102 Å². The smallest absolute Gasteiger partial charge is 0.303 e. The van der Waals surface area contributed by atoms with Gasteiger partial charge in [0.15, 0.2) is 0 Å². The SMILES string of the molecule is NCCCCCC(=O)O.Nc1ccccn1. The average molecular weight is 225 g/mol. The highest BCUT2D eigenvalue weighted by Gasteiger charge is 1.94. The van der Waals surface area contributed by atoms with E-state index in [1.54, 1.807) is 12.3 Å². The van der Waals surface area contributed by atoms with Crippen molar-refractivity contribution in [1.82, 2.24) is 4.98 Å². The minimum atomic E-state index is -0.716. The van der Waals surface area contributed by atoms with Gasteiger partial charge in [-0.3, -0.25) is 4.79 Å². The molecule has 0 fully saturated rings. The quantitative estimate of drug-likeness (QED) is 0.654. The summed E-state index contributed by atoms with van der Waals surface area (Å²) in [5, 5.41) is 8.18. The van der Waals surface area contributed by atoms with Gasteiger partial charge in [0.1, 0.15) is 5.82 Å². The van der Waals surface area contributed by atoms with E-state index in [9.17, 15) is 4.79 Å².